The first-order chi connectivity index (χ1) is 11.9. The first-order valence-corrected chi connectivity index (χ1v) is 14.0. The maximum atomic E-state index is 12.4. The van der Waals surface area contributed by atoms with E-state index in [9.17, 15) is 4.79 Å². The minimum atomic E-state index is -1.65. The fourth-order valence-electron chi connectivity index (χ4n) is 5.57. The van der Waals surface area contributed by atoms with Gasteiger partial charge in [-0.1, -0.05) is 47.5 Å². The van der Waals surface area contributed by atoms with E-state index in [0.717, 1.165) is 31.1 Å². The highest BCUT2D eigenvalue weighted by atomic mass is 28.4. The number of hydrogen-bond acceptors (Lipinski definition) is 2. The molecule has 0 saturated heterocycles. The SMILES string of the molecule is C[C@H](CCC[C@H](C)[C@H]1CC[C@H]2C(=O)CCC[C@]12C)O[Si](C)(C)C(C)(C)C. The van der Waals surface area contributed by atoms with Gasteiger partial charge in [0, 0.05) is 18.4 Å². The van der Waals surface area contributed by atoms with Crippen molar-refractivity contribution in [2.75, 3.05) is 0 Å². The number of fused-ring (bicyclic) bond motifs is 1. The number of carbonyl (C=O) groups excluding carboxylic acids is 1. The van der Waals surface area contributed by atoms with Crippen molar-refractivity contribution in [3.8, 4) is 0 Å². The Labute approximate surface area is 164 Å². The Bertz CT molecular complexity index is 493. The standard InChI is InChI=1S/C23H44O2Si/c1-17(11-9-12-18(2)25-26(7,8)22(3,4)5)19-14-15-20-21(24)13-10-16-23(19,20)6/h17-20H,9-16H2,1-8H3/t17-,18+,19+,20-,23+/m0/s1. The van der Waals surface area contributed by atoms with Crippen LogP contribution >= 0.6 is 0 Å². The molecule has 2 nitrogen and oxygen atoms in total. The van der Waals surface area contributed by atoms with Crippen LogP contribution in [0, 0.1) is 23.2 Å². The molecular formula is C23H44O2Si. The lowest BCUT2D eigenvalue weighted by Crippen LogP contribution is -2.43. The lowest BCUT2D eigenvalue weighted by Gasteiger charge is -2.42. The van der Waals surface area contributed by atoms with Crippen LogP contribution in [-0.4, -0.2) is 20.2 Å². The molecule has 0 spiro atoms. The van der Waals surface area contributed by atoms with E-state index in [2.05, 4.69) is 54.6 Å². The molecule has 0 heterocycles. The zero-order chi connectivity index (χ0) is 19.8. The number of Topliss-reactive ketones (excluding diaryl/α,β-unsaturated/α-hetero) is 1. The summed E-state index contributed by atoms with van der Waals surface area (Å²) in [6.07, 6.45) is 9.71. The van der Waals surface area contributed by atoms with Crippen LogP contribution in [-0.2, 0) is 9.22 Å². The number of rotatable bonds is 7. The van der Waals surface area contributed by atoms with Crippen molar-refractivity contribution in [1.82, 2.24) is 0 Å². The average Bonchev–Trinajstić information content (AvgIpc) is 2.84. The smallest absolute Gasteiger partial charge is 0.192 e. The first-order valence-electron chi connectivity index (χ1n) is 11.1. The molecule has 0 amide bonds. The lowest BCUT2D eigenvalue weighted by atomic mass is 9.62. The van der Waals surface area contributed by atoms with E-state index in [1.165, 1.54) is 32.1 Å². The van der Waals surface area contributed by atoms with Crippen molar-refractivity contribution in [2.45, 2.75) is 117 Å². The summed E-state index contributed by atoms with van der Waals surface area (Å²) in [5.41, 5.74) is 0.290. The molecule has 26 heavy (non-hydrogen) atoms. The number of carbonyl (C=O) groups is 1. The number of hydrogen-bond donors (Lipinski definition) is 0. The second-order valence-corrected chi connectivity index (χ2v) is 15.9. The largest absolute Gasteiger partial charge is 0.414 e. The van der Waals surface area contributed by atoms with Crippen LogP contribution < -0.4 is 0 Å². The lowest BCUT2D eigenvalue weighted by molar-refractivity contribution is -0.130. The quantitative estimate of drug-likeness (QED) is 0.445. The van der Waals surface area contributed by atoms with Crippen LogP contribution in [0.4, 0.5) is 0 Å². The van der Waals surface area contributed by atoms with Gasteiger partial charge < -0.3 is 4.43 Å². The van der Waals surface area contributed by atoms with Crippen LogP contribution in [0.15, 0.2) is 0 Å². The molecule has 152 valence electrons. The second-order valence-electron chi connectivity index (χ2n) is 11.2. The topological polar surface area (TPSA) is 26.3 Å². The molecule has 2 fully saturated rings. The molecule has 0 N–H and O–H groups in total. The van der Waals surface area contributed by atoms with Crippen molar-refractivity contribution in [2.24, 2.45) is 23.2 Å². The van der Waals surface area contributed by atoms with Gasteiger partial charge in [-0.15, -0.1) is 0 Å². The third-order valence-electron chi connectivity index (χ3n) is 8.20. The number of ketones is 1. The predicted octanol–water partition coefficient (Wildman–Crippen LogP) is 6.99. The molecular weight excluding hydrogens is 336 g/mol. The monoisotopic (exact) mass is 380 g/mol. The van der Waals surface area contributed by atoms with Gasteiger partial charge in [0.05, 0.1) is 0 Å². The van der Waals surface area contributed by atoms with Crippen molar-refractivity contribution < 1.29 is 9.22 Å². The molecule has 3 heteroatoms. The zero-order valence-electron chi connectivity index (χ0n) is 18.8. The summed E-state index contributed by atoms with van der Waals surface area (Å²) in [5.74, 6) is 2.40. The molecule has 2 saturated carbocycles. The van der Waals surface area contributed by atoms with Crippen LogP contribution in [0.2, 0.25) is 18.1 Å². The third-order valence-corrected chi connectivity index (χ3v) is 12.8. The molecule has 0 aliphatic heterocycles. The van der Waals surface area contributed by atoms with Gasteiger partial charge in [0.25, 0.3) is 0 Å². The Balaban J connectivity index is 1.82. The average molecular weight is 381 g/mol. The van der Waals surface area contributed by atoms with Gasteiger partial charge in [0.2, 0.25) is 0 Å². The second kappa shape index (κ2) is 8.07. The van der Waals surface area contributed by atoms with E-state index in [-0.39, 0.29) is 10.5 Å². The highest BCUT2D eigenvalue weighted by molar-refractivity contribution is 6.74. The van der Waals surface area contributed by atoms with Crippen LogP contribution in [0.1, 0.15) is 92.9 Å². The fourth-order valence-corrected chi connectivity index (χ4v) is 7.05. The van der Waals surface area contributed by atoms with E-state index in [0.29, 0.717) is 17.8 Å². The Hall–Kier alpha value is -0.153. The van der Waals surface area contributed by atoms with Crippen LogP contribution in [0.25, 0.3) is 0 Å². The maximum absolute atomic E-state index is 12.4. The first kappa shape index (κ1) is 22.1. The van der Waals surface area contributed by atoms with Gasteiger partial charge in [0.15, 0.2) is 8.32 Å². The molecule has 0 aromatic rings. The minimum absolute atomic E-state index is 0.287. The van der Waals surface area contributed by atoms with E-state index in [1.807, 2.05) is 0 Å². The molecule has 2 rings (SSSR count). The van der Waals surface area contributed by atoms with Crippen molar-refractivity contribution in [1.29, 1.82) is 0 Å². The fraction of sp³-hybridized carbons (Fsp3) is 0.957. The van der Waals surface area contributed by atoms with Gasteiger partial charge in [0.1, 0.15) is 5.78 Å². The maximum Gasteiger partial charge on any atom is 0.192 e. The molecule has 0 radical (unpaired) electrons. The van der Waals surface area contributed by atoms with E-state index >= 15 is 0 Å². The van der Waals surface area contributed by atoms with Gasteiger partial charge in [-0.25, -0.2) is 0 Å². The Morgan fingerprint density at radius 2 is 1.85 bits per heavy atom. The molecule has 0 unspecified atom stereocenters. The molecule has 0 aromatic carbocycles. The van der Waals surface area contributed by atoms with Crippen molar-refractivity contribution in [3.05, 3.63) is 0 Å². The van der Waals surface area contributed by atoms with Crippen LogP contribution in [0.3, 0.4) is 0 Å². The van der Waals surface area contributed by atoms with E-state index in [1.54, 1.807) is 0 Å². The van der Waals surface area contributed by atoms with Crippen molar-refractivity contribution in [3.63, 3.8) is 0 Å². The van der Waals surface area contributed by atoms with Crippen LogP contribution in [0.5, 0.6) is 0 Å². The predicted molar refractivity (Wildman–Crippen MR) is 114 cm³/mol. The summed E-state index contributed by atoms with van der Waals surface area (Å²) >= 11 is 0. The Kier molecular flexibility index (Phi) is 6.87. The van der Waals surface area contributed by atoms with Gasteiger partial charge in [-0.05, 0) is 74.4 Å². The molecule has 0 bridgehead atoms. The Morgan fingerprint density at radius 3 is 2.46 bits per heavy atom. The summed E-state index contributed by atoms with van der Waals surface area (Å²) in [6.45, 7) is 18.8. The summed E-state index contributed by atoms with van der Waals surface area (Å²) in [6, 6.07) is 0. The summed E-state index contributed by atoms with van der Waals surface area (Å²) in [5, 5.41) is 0.287. The van der Waals surface area contributed by atoms with E-state index < -0.39 is 8.32 Å². The summed E-state index contributed by atoms with van der Waals surface area (Å²) < 4.78 is 6.52. The van der Waals surface area contributed by atoms with Gasteiger partial charge in [-0.2, -0.15) is 0 Å². The molecule has 2 aliphatic rings. The molecule has 2 aliphatic carbocycles. The third kappa shape index (κ3) is 4.63. The van der Waals surface area contributed by atoms with Gasteiger partial charge >= 0.3 is 0 Å². The van der Waals surface area contributed by atoms with Crippen molar-refractivity contribution >= 4 is 14.1 Å². The van der Waals surface area contributed by atoms with Gasteiger partial charge in [-0.3, -0.25) is 4.79 Å². The Morgan fingerprint density at radius 1 is 1.19 bits per heavy atom. The summed E-state index contributed by atoms with van der Waals surface area (Å²) in [4.78, 5) is 12.4. The zero-order valence-corrected chi connectivity index (χ0v) is 19.8. The highest BCUT2D eigenvalue weighted by Crippen LogP contribution is 2.57. The molecule has 5 atom stereocenters. The normalized spacial score (nSPS) is 32.4. The molecule has 0 aromatic heterocycles. The minimum Gasteiger partial charge on any atom is -0.414 e. The van der Waals surface area contributed by atoms with E-state index in [4.69, 9.17) is 4.43 Å². The summed E-state index contributed by atoms with van der Waals surface area (Å²) in [7, 11) is -1.65. The highest BCUT2D eigenvalue weighted by Gasteiger charge is 2.52.